The SMILES string of the molecule is CN1CC2N=C(Cl)C=C(Nc3ccc(N4CCC4)cc3N(C)S(C)(=O)=O)C2C1=O. The fourth-order valence-corrected chi connectivity index (χ4v) is 4.60. The van der Waals surface area contributed by atoms with E-state index >= 15 is 0 Å². The summed E-state index contributed by atoms with van der Waals surface area (Å²) in [5.74, 6) is -0.481. The van der Waals surface area contributed by atoms with E-state index in [-0.39, 0.29) is 11.9 Å². The summed E-state index contributed by atoms with van der Waals surface area (Å²) in [5.41, 5.74) is 2.72. The largest absolute Gasteiger partial charge is 0.371 e. The van der Waals surface area contributed by atoms with Crippen molar-refractivity contribution in [2.75, 3.05) is 54.5 Å². The Morgan fingerprint density at radius 3 is 2.66 bits per heavy atom. The average Bonchev–Trinajstić information content (AvgIpc) is 2.87. The van der Waals surface area contributed by atoms with Crippen LogP contribution in [0.5, 0.6) is 0 Å². The minimum absolute atomic E-state index is 0.0307. The van der Waals surface area contributed by atoms with Gasteiger partial charge in [-0.15, -0.1) is 0 Å². The molecule has 10 heteroatoms. The standard InChI is InChI=1S/C19H24ClN5O3S/c1-23-11-15-18(19(23)26)14(10-17(20)22-15)21-13-6-5-12(25-7-4-8-25)9-16(13)24(2)29(3,27)28/h5-6,9-10,15,18,21H,4,7-8,11H2,1-3H3. The van der Waals surface area contributed by atoms with Gasteiger partial charge < -0.3 is 15.1 Å². The van der Waals surface area contributed by atoms with E-state index in [1.807, 2.05) is 18.2 Å². The minimum atomic E-state index is -3.47. The number of aliphatic imine (C=N–C) groups is 1. The molecule has 4 rings (SSSR count). The second-order valence-corrected chi connectivity index (χ2v) is 10.1. The molecule has 0 saturated carbocycles. The molecule has 156 valence electrons. The van der Waals surface area contributed by atoms with Gasteiger partial charge in [0.2, 0.25) is 15.9 Å². The van der Waals surface area contributed by atoms with Gasteiger partial charge in [-0.3, -0.25) is 14.1 Å². The molecule has 0 aromatic heterocycles. The van der Waals surface area contributed by atoms with Crippen LogP contribution in [0, 0.1) is 5.92 Å². The molecule has 0 bridgehead atoms. The number of halogens is 1. The fourth-order valence-electron chi connectivity index (χ4n) is 3.85. The van der Waals surface area contributed by atoms with E-state index in [2.05, 4.69) is 15.2 Å². The molecule has 0 radical (unpaired) electrons. The number of hydrogen-bond donors (Lipinski definition) is 1. The number of anilines is 3. The maximum absolute atomic E-state index is 12.6. The van der Waals surface area contributed by atoms with Crippen LogP contribution >= 0.6 is 11.6 Å². The lowest BCUT2D eigenvalue weighted by atomic mass is 9.96. The number of nitrogens with one attached hydrogen (secondary N) is 1. The van der Waals surface area contributed by atoms with Gasteiger partial charge >= 0.3 is 0 Å². The van der Waals surface area contributed by atoms with Crippen LogP contribution in [0.25, 0.3) is 0 Å². The van der Waals surface area contributed by atoms with Crippen molar-refractivity contribution in [1.29, 1.82) is 0 Å². The van der Waals surface area contributed by atoms with Crippen LogP contribution in [-0.2, 0) is 14.8 Å². The van der Waals surface area contributed by atoms with Crippen molar-refractivity contribution in [2.24, 2.45) is 10.9 Å². The summed E-state index contributed by atoms with van der Waals surface area (Å²) in [4.78, 5) is 20.8. The monoisotopic (exact) mass is 437 g/mol. The fraction of sp³-hybridized carbons (Fsp3) is 0.474. The maximum atomic E-state index is 12.6. The number of rotatable bonds is 5. The Bertz CT molecular complexity index is 1020. The zero-order chi connectivity index (χ0) is 20.9. The van der Waals surface area contributed by atoms with Gasteiger partial charge in [0.1, 0.15) is 11.1 Å². The predicted octanol–water partition coefficient (Wildman–Crippen LogP) is 1.70. The first kappa shape index (κ1) is 20.0. The van der Waals surface area contributed by atoms with E-state index < -0.39 is 15.9 Å². The molecule has 1 amide bonds. The van der Waals surface area contributed by atoms with Gasteiger partial charge in [-0.2, -0.15) is 0 Å². The smallest absolute Gasteiger partial charge is 0.233 e. The molecule has 1 N–H and O–H groups in total. The first-order chi connectivity index (χ1) is 13.6. The zero-order valence-corrected chi connectivity index (χ0v) is 18.2. The number of nitrogens with zero attached hydrogens (tertiary/aromatic N) is 4. The number of likely N-dealkylation sites (N-methyl/N-ethyl adjacent to an activating group) is 1. The normalized spacial score (nSPS) is 23.9. The summed E-state index contributed by atoms with van der Waals surface area (Å²) in [6, 6.07) is 5.43. The third-order valence-electron chi connectivity index (χ3n) is 5.71. The summed E-state index contributed by atoms with van der Waals surface area (Å²) in [5, 5.41) is 3.61. The van der Waals surface area contributed by atoms with Crippen LogP contribution in [0.2, 0.25) is 0 Å². The number of allylic oxidation sites excluding steroid dienone is 1. The van der Waals surface area contributed by atoms with E-state index in [1.54, 1.807) is 18.0 Å². The lowest BCUT2D eigenvalue weighted by molar-refractivity contribution is -0.128. The highest BCUT2D eigenvalue weighted by Crippen LogP contribution is 2.37. The number of likely N-dealkylation sites (tertiary alicyclic amines) is 1. The zero-order valence-electron chi connectivity index (χ0n) is 16.6. The summed E-state index contributed by atoms with van der Waals surface area (Å²) in [7, 11) is -0.201. The number of hydrogen-bond acceptors (Lipinski definition) is 6. The van der Waals surface area contributed by atoms with Crippen molar-refractivity contribution in [3.05, 3.63) is 30.0 Å². The highest BCUT2D eigenvalue weighted by Gasteiger charge is 2.43. The van der Waals surface area contributed by atoms with Crippen molar-refractivity contribution in [1.82, 2.24) is 4.90 Å². The molecule has 2 fully saturated rings. The average molecular weight is 438 g/mol. The summed E-state index contributed by atoms with van der Waals surface area (Å²) < 4.78 is 25.7. The molecule has 8 nitrogen and oxygen atoms in total. The lowest BCUT2D eigenvalue weighted by Crippen LogP contribution is -2.37. The van der Waals surface area contributed by atoms with Gasteiger partial charge in [-0.25, -0.2) is 8.42 Å². The Morgan fingerprint density at radius 2 is 2.03 bits per heavy atom. The molecule has 2 unspecified atom stereocenters. The molecule has 0 aliphatic carbocycles. The first-order valence-electron chi connectivity index (χ1n) is 9.45. The van der Waals surface area contributed by atoms with Crippen molar-refractivity contribution in [3.63, 3.8) is 0 Å². The molecular formula is C19H24ClN5O3S. The van der Waals surface area contributed by atoms with Crippen molar-refractivity contribution in [3.8, 4) is 0 Å². The van der Waals surface area contributed by atoms with Gasteiger partial charge in [-0.05, 0) is 30.7 Å². The van der Waals surface area contributed by atoms with Crippen LogP contribution < -0.4 is 14.5 Å². The van der Waals surface area contributed by atoms with Crippen LogP contribution in [0.3, 0.4) is 0 Å². The third-order valence-corrected chi connectivity index (χ3v) is 7.10. The van der Waals surface area contributed by atoms with Gasteiger partial charge in [-0.1, -0.05) is 11.6 Å². The third kappa shape index (κ3) is 3.69. The summed E-state index contributed by atoms with van der Waals surface area (Å²) in [6.45, 7) is 2.41. The Hall–Kier alpha value is -2.26. The van der Waals surface area contributed by atoms with Gasteiger partial charge in [0.25, 0.3) is 0 Å². The highest BCUT2D eigenvalue weighted by molar-refractivity contribution is 7.92. The molecule has 2 atom stereocenters. The Morgan fingerprint density at radius 1 is 1.31 bits per heavy atom. The molecule has 2 saturated heterocycles. The number of benzene rings is 1. The van der Waals surface area contributed by atoms with Crippen LogP contribution in [0.15, 0.2) is 35.0 Å². The van der Waals surface area contributed by atoms with E-state index in [4.69, 9.17) is 11.6 Å². The number of sulfonamides is 1. The molecule has 1 aromatic carbocycles. The quantitative estimate of drug-likeness (QED) is 0.757. The van der Waals surface area contributed by atoms with E-state index in [9.17, 15) is 13.2 Å². The predicted molar refractivity (Wildman–Crippen MR) is 116 cm³/mol. The van der Waals surface area contributed by atoms with E-state index in [0.717, 1.165) is 25.2 Å². The number of amides is 1. The minimum Gasteiger partial charge on any atom is -0.371 e. The van der Waals surface area contributed by atoms with Crippen LogP contribution in [0.4, 0.5) is 17.1 Å². The molecule has 3 aliphatic heterocycles. The molecule has 29 heavy (non-hydrogen) atoms. The number of carbonyl (C=O) groups is 1. The number of carbonyl (C=O) groups excluding carboxylic acids is 1. The Labute approximate surface area is 175 Å². The van der Waals surface area contributed by atoms with E-state index in [1.165, 1.54) is 17.6 Å². The molecule has 3 heterocycles. The lowest BCUT2D eigenvalue weighted by Gasteiger charge is -2.34. The van der Waals surface area contributed by atoms with E-state index in [0.29, 0.717) is 28.8 Å². The van der Waals surface area contributed by atoms with Crippen molar-refractivity contribution < 1.29 is 13.2 Å². The van der Waals surface area contributed by atoms with Crippen molar-refractivity contribution in [2.45, 2.75) is 12.5 Å². The topological polar surface area (TPSA) is 85.3 Å². The second kappa shape index (κ2) is 7.21. The first-order valence-corrected chi connectivity index (χ1v) is 11.7. The molecule has 1 aromatic rings. The molecular weight excluding hydrogens is 414 g/mol. The van der Waals surface area contributed by atoms with Gasteiger partial charge in [0, 0.05) is 45.1 Å². The van der Waals surface area contributed by atoms with Gasteiger partial charge in [0.05, 0.1) is 23.7 Å². The van der Waals surface area contributed by atoms with Gasteiger partial charge in [0.15, 0.2) is 0 Å². The Kier molecular flexibility index (Phi) is 4.98. The van der Waals surface area contributed by atoms with Crippen LogP contribution in [-0.4, -0.2) is 70.4 Å². The van der Waals surface area contributed by atoms with Crippen molar-refractivity contribution >= 4 is 49.8 Å². The second-order valence-electron chi connectivity index (χ2n) is 7.71. The molecule has 0 spiro atoms. The summed E-state index contributed by atoms with van der Waals surface area (Å²) >= 11 is 6.20. The highest BCUT2D eigenvalue weighted by atomic mass is 35.5. The molecule has 3 aliphatic rings. The Balaban J connectivity index is 1.72. The maximum Gasteiger partial charge on any atom is 0.233 e. The number of fused-ring (bicyclic) bond motifs is 1. The number of dihydropyridines is 1. The van der Waals surface area contributed by atoms with Crippen LogP contribution in [0.1, 0.15) is 6.42 Å². The summed E-state index contributed by atoms with van der Waals surface area (Å²) in [6.07, 6.45) is 3.94.